The predicted molar refractivity (Wildman–Crippen MR) is 66.8 cm³/mol. The van der Waals surface area contributed by atoms with Crippen molar-refractivity contribution in [2.45, 2.75) is 37.6 Å². The molecule has 2 heterocycles. The number of nitrogens with zero attached hydrogens (tertiary/aromatic N) is 2. The second kappa shape index (κ2) is 5.58. The lowest BCUT2D eigenvalue weighted by atomic mass is 9.99. The Balaban J connectivity index is 2.31. The van der Waals surface area contributed by atoms with E-state index in [9.17, 15) is 26.7 Å². The molecule has 1 fully saturated rings. The minimum Gasteiger partial charge on any atom is -0.392 e. The van der Waals surface area contributed by atoms with Crippen molar-refractivity contribution < 1.29 is 26.7 Å². The highest BCUT2D eigenvalue weighted by Crippen LogP contribution is 2.35. The fourth-order valence-electron chi connectivity index (χ4n) is 2.38. The van der Waals surface area contributed by atoms with Gasteiger partial charge in [0.2, 0.25) is 0 Å². The normalized spacial score (nSPS) is 21.7. The van der Waals surface area contributed by atoms with Gasteiger partial charge in [0.15, 0.2) is 5.03 Å². The lowest BCUT2D eigenvalue weighted by molar-refractivity contribution is -0.182. The first-order valence-electron chi connectivity index (χ1n) is 6.39. The zero-order chi connectivity index (χ0) is 15.8. The molecule has 0 radical (unpaired) electrons. The molecule has 1 saturated heterocycles. The largest absolute Gasteiger partial charge is 0.393 e. The van der Waals surface area contributed by atoms with E-state index in [-0.39, 0.29) is 24.9 Å². The first-order valence-corrected chi connectivity index (χ1v) is 7.83. The van der Waals surface area contributed by atoms with Crippen LogP contribution in [0, 0.1) is 12.8 Å². The molecule has 0 bridgehead atoms. The Morgan fingerprint density at radius 3 is 2.71 bits per heavy atom. The minimum atomic E-state index is -4.42. The SMILES string of the molecule is Cc1[nH]nc(S(=O)(=O)N2CCCC(C(F)(F)F)C2)c1CO. The molecule has 1 atom stereocenters. The lowest BCUT2D eigenvalue weighted by Crippen LogP contribution is -2.44. The molecule has 0 saturated carbocycles. The molecular formula is C11H16F3N3O3S. The summed E-state index contributed by atoms with van der Waals surface area (Å²) in [6.07, 6.45) is -4.36. The van der Waals surface area contributed by atoms with Gasteiger partial charge in [-0.25, -0.2) is 8.42 Å². The van der Waals surface area contributed by atoms with Gasteiger partial charge in [0, 0.05) is 24.3 Å². The Morgan fingerprint density at radius 1 is 1.48 bits per heavy atom. The summed E-state index contributed by atoms with van der Waals surface area (Å²) < 4.78 is 63.9. The van der Waals surface area contributed by atoms with E-state index in [1.165, 1.54) is 6.92 Å². The van der Waals surface area contributed by atoms with Crippen molar-refractivity contribution in [1.29, 1.82) is 0 Å². The molecule has 2 N–H and O–H groups in total. The number of alkyl halides is 3. The number of aromatic amines is 1. The van der Waals surface area contributed by atoms with Gasteiger partial charge in [0.1, 0.15) is 0 Å². The number of piperidine rings is 1. The molecule has 0 spiro atoms. The molecule has 0 aliphatic carbocycles. The number of halogens is 3. The number of aryl methyl sites for hydroxylation is 1. The first kappa shape index (κ1) is 16.2. The molecule has 2 rings (SSSR count). The highest BCUT2D eigenvalue weighted by molar-refractivity contribution is 7.89. The van der Waals surface area contributed by atoms with Gasteiger partial charge < -0.3 is 5.11 Å². The molecule has 1 aromatic rings. The van der Waals surface area contributed by atoms with Crippen molar-refractivity contribution in [2.75, 3.05) is 13.1 Å². The smallest absolute Gasteiger partial charge is 0.392 e. The number of aliphatic hydroxyl groups excluding tert-OH is 1. The van der Waals surface area contributed by atoms with Crippen LogP contribution >= 0.6 is 0 Å². The molecule has 10 heteroatoms. The Kier molecular flexibility index (Phi) is 4.31. The summed E-state index contributed by atoms with van der Waals surface area (Å²) in [5, 5.41) is 14.9. The summed E-state index contributed by atoms with van der Waals surface area (Å²) >= 11 is 0. The van der Waals surface area contributed by atoms with E-state index in [1.54, 1.807) is 0 Å². The molecule has 0 aromatic carbocycles. The van der Waals surface area contributed by atoms with Crippen molar-refractivity contribution in [3.63, 3.8) is 0 Å². The Hall–Kier alpha value is -1.13. The third kappa shape index (κ3) is 3.06. The summed E-state index contributed by atoms with van der Waals surface area (Å²) in [4.78, 5) is 0. The van der Waals surface area contributed by atoms with Crippen LogP contribution in [0.3, 0.4) is 0 Å². The fraction of sp³-hybridized carbons (Fsp3) is 0.727. The molecule has 0 amide bonds. The topological polar surface area (TPSA) is 86.3 Å². The van der Waals surface area contributed by atoms with Crippen LogP contribution in [-0.4, -0.2) is 47.3 Å². The number of hydrogen-bond donors (Lipinski definition) is 2. The average Bonchev–Trinajstić information content (AvgIpc) is 2.79. The van der Waals surface area contributed by atoms with Gasteiger partial charge in [-0.05, 0) is 19.8 Å². The predicted octanol–water partition coefficient (Wildman–Crippen LogP) is 1.17. The van der Waals surface area contributed by atoms with Crippen LogP contribution in [0.25, 0.3) is 0 Å². The number of aromatic nitrogens is 2. The van der Waals surface area contributed by atoms with E-state index in [0.29, 0.717) is 5.69 Å². The number of aliphatic hydroxyl groups is 1. The molecule has 120 valence electrons. The van der Waals surface area contributed by atoms with Gasteiger partial charge in [-0.3, -0.25) is 5.10 Å². The standard InChI is InChI=1S/C11H16F3N3O3S/c1-7-9(6-18)10(16-15-7)21(19,20)17-4-2-3-8(5-17)11(12,13)14/h8,18H,2-6H2,1H3,(H,15,16). The van der Waals surface area contributed by atoms with E-state index in [0.717, 1.165) is 4.31 Å². The van der Waals surface area contributed by atoms with E-state index >= 15 is 0 Å². The minimum absolute atomic E-state index is 0.0195. The van der Waals surface area contributed by atoms with Gasteiger partial charge >= 0.3 is 6.18 Å². The highest BCUT2D eigenvalue weighted by Gasteiger charge is 2.45. The van der Waals surface area contributed by atoms with E-state index < -0.39 is 40.3 Å². The maximum Gasteiger partial charge on any atom is 0.393 e. The number of hydrogen-bond acceptors (Lipinski definition) is 4. The fourth-order valence-corrected chi connectivity index (χ4v) is 4.06. The lowest BCUT2D eigenvalue weighted by Gasteiger charge is -2.32. The Morgan fingerprint density at radius 2 is 2.14 bits per heavy atom. The summed E-state index contributed by atoms with van der Waals surface area (Å²) in [7, 11) is -4.15. The van der Waals surface area contributed by atoms with Crippen LogP contribution in [0.1, 0.15) is 24.1 Å². The van der Waals surface area contributed by atoms with Crippen LogP contribution in [0.5, 0.6) is 0 Å². The van der Waals surface area contributed by atoms with Crippen molar-refractivity contribution in [3.8, 4) is 0 Å². The van der Waals surface area contributed by atoms with Gasteiger partial charge in [0.25, 0.3) is 10.0 Å². The molecule has 6 nitrogen and oxygen atoms in total. The number of sulfonamides is 1. The maximum absolute atomic E-state index is 12.8. The maximum atomic E-state index is 12.8. The molecule has 21 heavy (non-hydrogen) atoms. The molecule has 1 aliphatic heterocycles. The Bertz CT molecular complexity index is 612. The van der Waals surface area contributed by atoms with Crippen molar-refractivity contribution in [3.05, 3.63) is 11.3 Å². The monoisotopic (exact) mass is 327 g/mol. The zero-order valence-corrected chi connectivity index (χ0v) is 12.1. The second-order valence-corrected chi connectivity index (χ2v) is 6.89. The van der Waals surface area contributed by atoms with Crippen molar-refractivity contribution >= 4 is 10.0 Å². The summed E-state index contributed by atoms with van der Waals surface area (Å²) in [6.45, 7) is 0.397. The van der Waals surface area contributed by atoms with Crippen LogP contribution in [0.4, 0.5) is 13.2 Å². The summed E-state index contributed by atoms with van der Waals surface area (Å²) in [6, 6.07) is 0. The molecule has 1 unspecified atom stereocenters. The second-order valence-electron chi connectivity index (χ2n) is 5.03. The van der Waals surface area contributed by atoms with Crippen LogP contribution in [0.2, 0.25) is 0 Å². The van der Waals surface area contributed by atoms with Gasteiger partial charge in [-0.1, -0.05) is 0 Å². The van der Waals surface area contributed by atoms with Gasteiger partial charge in [-0.2, -0.15) is 22.6 Å². The molecule has 1 aromatic heterocycles. The van der Waals surface area contributed by atoms with Crippen molar-refractivity contribution in [1.82, 2.24) is 14.5 Å². The van der Waals surface area contributed by atoms with E-state index in [4.69, 9.17) is 0 Å². The summed E-state index contributed by atoms with van der Waals surface area (Å²) in [5.74, 6) is -1.67. The zero-order valence-electron chi connectivity index (χ0n) is 11.3. The van der Waals surface area contributed by atoms with E-state index in [2.05, 4.69) is 10.2 Å². The number of H-pyrrole nitrogens is 1. The van der Waals surface area contributed by atoms with Crippen LogP contribution < -0.4 is 0 Å². The van der Waals surface area contributed by atoms with E-state index in [1.807, 2.05) is 0 Å². The quantitative estimate of drug-likeness (QED) is 0.873. The summed E-state index contributed by atoms with van der Waals surface area (Å²) in [5.41, 5.74) is 0.463. The highest BCUT2D eigenvalue weighted by atomic mass is 32.2. The van der Waals surface area contributed by atoms with Crippen LogP contribution in [-0.2, 0) is 16.6 Å². The molecule has 1 aliphatic rings. The van der Waals surface area contributed by atoms with Gasteiger partial charge in [0.05, 0.1) is 12.5 Å². The third-order valence-corrected chi connectivity index (χ3v) is 5.46. The van der Waals surface area contributed by atoms with Crippen molar-refractivity contribution in [2.24, 2.45) is 5.92 Å². The van der Waals surface area contributed by atoms with Gasteiger partial charge in [-0.15, -0.1) is 0 Å². The first-order chi connectivity index (χ1) is 9.67. The third-order valence-electron chi connectivity index (χ3n) is 3.63. The number of nitrogens with one attached hydrogen (secondary N) is 1. The average molecular weight is 327 g/mol. The number of rotatable bonds is 3. The van der Waals surface area contributed by atoms with Crippen LogP contribution in [0.15, 0.2) is 5.03 Å². The Labute approximate surface area is 120 Å². The molecular weight excluding hydrogens is 311 g/mol.